The highest BCUT2D eigenvalue weighted by atomic mass is 16.6. The number of ether oxygens (including phenoxy) is 1. The Bertz CT molecular complexity index is 740. The smallest absolute Gasteiger partial charge is 0.317 e. The highest BCUT2D eigenvalue weighted by Crippen LogP contribution is 2.21. The van der Waals surface area contributed by atoms with Gasteiger partial charge < -0.3 is 4.74 Å². The van der Waals surface area contributed by atoms with Crippen LogP contribution in [0.5, 0.6) is 0 Å². The number of methoxy groups -OCH3 is 1. The summed E-state index contributed by atoms with van der Waals surface area (Å²) in [5.74, 6) is 4.96. The van der Waals surface area contributed by atoms with Crippen LogP contribution in [-0.2, 0) is 9.53 Å². The molecule has 0 saturated carbocycles. The van der Waals surface area contributed by atoms with Crippen molar-refractivity contribution in [3.63, 3.8) is 0 Å². The molecule has 1 aromatic heterocycles. The van der Waals surface area contributed by atoms with Crippen molar-refractivity contribution in [2.75, 3.05) is 7.11 Å². The second-order valence-electron chi connectivity index (χ2n) is 3.97. The molecule has 2 rings (SSSR count). The second-order valence-corrected chi connectivity index (χ2v) is 3.97. The number of aromatic nitrogens is 2. The number of carbonyl (C=O) groups is 1. The average molecular weight is 285 g/mol. The maximum Gasteiger partial charge on any atom is 0.317 e. The number of hydrogen-bond donors (Lipinski definition) is 0. The Balaban J connectivity index is 2.25. The van der Waals surface area contributed by atoms with Crippen LogP contribution in [0.15, 0.2) is 36.7 Å². The molecule has 0 aliphatic rings. The molecule has 0 bridgehead atoms. The first-order chi connectivity index (χ1) is 10.1. The standard InChI is InChI=1S/C14H11N3O4/c1-21-14(18)8-4-5-11-9-15-16(10-11)12-6-2-3-7-13(12)17(19)20/h2-3,6-7,9-10H,8H2,1H3. The summed E-state index contributed by atoms with van der Waals surface area (Å²) < 4.78 is 5.84. The summed E-state index contributed by atoms with van der Waals surface area (Å²) in [5.41, 5.74) is 0.857. The van der Waals surface area contributed by atoms with Crippen molar-refractivity contribution in [2.45, 2.75) is 6.42 Å². The predicted molar refractivity (Wildman–Crippen MR) is 73.7 cm³/mol. The fourth-order valence-corrected chi connectivity index (χ4v) is 1.62. The van der Waals surface area contributed by atoms with E-state index >= 15 is 0 Å². The van der Waals surface area contributed by atoms with Crippen LogP contribution in [0, 0.1) is 22.0 Å². The van der Waals surface area contributed by atoms with Gasteiger partial charge in [0, 0.05) is 12.3 Å². The maximum atomic E-state index is 11.0. The van der Waals surface area contributed by atoms with E-state index in [4.69, 9.17) is 0 Å². The molecule has 0 unspecified atom stereocenters. The Hall–Kier alpha value is -3.14. The Morgan fingerprint density at radius 2 is 2.24 bits per heavy atom. The van der Waals surface area contributed by atoms with Gasteiger partial charge in [-0.15, -0.1) is 0 Å². The lowest BCUT2D eigenvalue weighted by Crippen LogP contribution is -1.99. The van der Waals surface area contributed by atoms with Crippen molar-refractivity contribution in [3.8, 4) is 17.5 Å². The monoisotopic (exact) mass is 285 g/mol. The summed E-state index contributed by atoms with van der Waals surface area (Å²) in [4.78, 5) is 21.4. The highest BCUT2D eigenvalue weighted by molar-refractivity contribution is 5.72. The molecule has 0 spiro atoms. The first-order valence-corrected chi connectivity index (χ1v) is 5.96. The normalized spacial score (nSPS) is 9.57. The van der Waals surface area contributed by atoms with E-state index in [2.05, 4.69) is 21.7 Å². The van der Waals surface area contributed by atoms with Crippen LogP contribution in [0.4, 0.5) is 5.69 Å². The molecular weight excluding hydrogens is 274 g/mol. The highest BCUT2D eigenvalue weighted by Gasteiger charge is 2.14. The van der Waals surface area contributed by atoms with Crippen LogP contribution in [0.3, 0.4) is 0 Å². The third kappa shape index (κ3) is 3.45. The van der Waals surface area contributed by atoms with Gasteiger partial charge in [-0.05, 0) is 6.07 Å². The van der Waals surface area contributed by atoms with Gasteiger partial charge in [0.2, 0.25) is 0 Å². The van der Waals surface area contributed by atoms with Gasteiger partial charge in [-0.3, -0.25) is 14.9 Å². The van der Waals surface area contributed by atoms with Gasteiger partial charge in [0.15, 0.2) is 0 Å². The van der Waals surface area contributed by atoms with Crippen LogP contribution >= 0.6 is 0 Å². The summed E-state index contributed by atoms with van der Waals surface area (Å²) in [5, 5.41) is 15.0. The second kappa shape index (κ2) is 6.34. The molecule has 0 N–H and O–H groups in total. The van der Waals surface area contributed by atoms with Crippen molar-refractivity contribution in [1.82, 2.24) is 9.78 Å². The largest absolute Gasteiger partial charge is 0.468 e. The molecule has 1 heterocycles. The van der Waals surface area contributed by atoms with E-state index in [9.17, 15) is 14.9 Å². The van der Waals surface area contributed by atoms with E-state index in [1.54, 1.807) is 24.4 Å². The zero-order valence-corrected chi connectivity index (χ0v) is 11.1. The number of para-hydroxylation sites is 2. The Kier molecular flexibility index (Phi) is 4.31. The minimum absolute atomic E-state index is 0.0207. The molecule has 7 nitrogen and oxygen atoms in total. The van der Waals surface area contributed by atoms with Crippen molar-refractivity contribution in [1.29, 1.82) is 0 Å². The Labute approximate surface area is 120 Å². The molecule has 0 aliphatic carbocycles. The van der Waals surface area contributed by atoms with Gasteiger partial charge in [-0.25, -0.2) is 4.68 Å². The van der Waals surface area contributed by atoms with Gasteiger partial charge in [-0.2, -0.15) is 5.10 Å². The van der Waals surface area contributed by atoms with Crippen molar-refractivity contribution < 1.29 is 14.5 Å². The van der Waals surface area contributed by atoms with Crippen molar-refractivity contribution >= 4 is 11.7 Å². The van der Waals surface area contributed by atoms with Crippen LogP contribution < -0.4 is 0 Å². The molecule has 106 valence electrons. The van der Waals surface area contributed by atoms with Crippen LogP contribution in [0.25, 0.3) is 5.69 Å². The summed E-state index contributed by atoms with van der Waals surface area (Å²) in [6, 6.07) is 6.27. The summed E-state index contributed by atoms with van der Waals surface area (Å²) >= 11 is 0. The first kappa shape index (κ1) is 14.3. The Morgan fingerprint density at radius 3 is 2.95 bits per heavy atom. The van der Waals surface area contributed by atoms with Gasteiger partial charge >= 0.3 is 5.97 Å². The molecule has 0 amide bonds. The fourth-order valence-electron chi connectivity index (χ4n) is 1.62. The molecule has 0 atom stereocenters. The molecule has 0 aliphatic heterocycles. The van der Waals surface area contributed by atoms with Crippen LogP contribution in [0.2, 0.25) is 0 Å². The molecule has 21 heavy (non-hydrogen) atoms. The molecular formula is C14H11N3O4. The SMILES string of the molecule is COC(=O)CC#Cc1cnn(-c2ccccc2[N+](=O)[O-])c1. The van der Waals surface area contributed by atoms with E-state index < -0.39 is 10.9 Å². The number of rotatable bonds is 3. The number of hydrogen-bond acceptors (Lipinski definition) is 5. The minimum Gasteiger partial charge on any atom is -0.468 e. The molecule has 1 aromatic carbocycles. The van der Waals surface area contributed by atoms with E-state index in [0.717, 1.165) is 0 Å². The van der Waals surface area contributed by atoms with Gasteiger partial charge in [-0.1, -0.05) is 24.0 Å². The topological polar surface area (TPSA) is 87.3 Å². The maximum absolute atomic E-state index is 11.0. The van der Waals surface area contributed by atoms with Gasteiger partial charge in [0.1, 0.15) is 12.1 Å². The summed E-state index contributed by atoms with van der Waals surface area (Å²) in [6.45, 7) is 0. The lowest BCUT2D eigenvalue weighted by molar-refractivity contribution is -0.384. The van der Waals surface area contributed by atoms with Gasteiger partial charge in [0.05, 0.1) is 23.8 Å². The van der Waals surface area contributed by atoms with Gasteiger partial charge in [0.25, 0.3) is 5.69 Å². The lowest BCUT2D eigenvalue weighted by atomic mass is 10.2. The molecule has 0 radical (unpaired) electrons. The van der Waals surface area contributed by atoms with E-state index in [1.807, 2.05) is 0 Å². The minimum atomic E-state index is -0.473. The zero-order valence-electron chi connectivity index (χ0n) is 11.1. The quantitative estimate of drug-likeness (QED) is 0.370. The number of nitro groups is 1. The lowest BCUT2D eigenvalue weighted by Gasteiger charge is -2.01. The average Bonchev–Trinajstić information content (AvgIpc) is 2.95. The number of benzene rings is 1. The molecule has 2 aromatic rings. The van der Waals surface area contributed by atoms with Crippen LogP contribution in [-0.4, -0.2) is 27.8 Å². The van der Waals surface area contributed by atoms with E-state index in [1.165, 1.54) is 24.1 Å². The third-order valence-electron chi connectivity index (χ3n) is 2.60. The first-order valence-electron chi connectivity index (χ1n) is 5.96. The summed E-state index contributed by atoms with van der Waals surface area (Å²) in [6.07, 6.45) is 3.01. The van der Waals surface area contributed by atoms with Crippen LogP contribution in [0.1, 0.15) is 12.0 Å². The number of carbonyl (C=O) groups excluding carboxylic acids is 1. The number of nitro benzene ring substituents is 1. The summed E-state index contributed by atoms with van der Waals surface area (Å²) in [7, 11) is 1.29. The molecule has 7 heteroatoms. The Morgan fingerprint density at radius 1 is 1.48 bits per heavy atom. The number of nitrogens with zero attached hydrogens (tertiary/aromatic N) is 3. The predicted octanol–water partition coefficient (Wildman–Crippen LogP) is 1.70. The van der Waals surface area contributed by atoms with E-state index in [-0.39, 0.29) is 12.1 Å². The zero-order chi connectivity index (χ0) is 15.2. The number of esters is 1. The van der Waals surface area contributed by atoms with E-state index in [0.29, 0.717) is 11.3 Å². The molecule has 0 fully saturated rings. The third-order valence-corrected chi connectivity index (χ3v) is 2.60. The fraction of sp³-hybridized carbons (Fsp3) is 0.143. The van der Waals surface area contributed by atoms with Crippen molar-refractivity contribution in [2.24, 2.45) is 0 Å². The van der Waals surface area contributed by atoms with Crippen molar-refractivity contribution in [3.05, 3.63) is 52.3 Å². The molecule has 0 saturated heterocycles.